The lowest BCUT2D eigenvalue weighted by Crippen LogP contribution is -2.51. The highest BCUT2D eigenvalue weighted by molar-refractivity contribution is 7.99. The van der Waals surface area contributed by atoms with Gasteiger partial charge in [0, 0.05) is 33.2 Å². The van der Waals surface area contributed by atoms with Gasteiger partial charge in [0.2, 0.25) is 15.9 Å². The number of benzene rings is 2. The predicted molar refractivity (Wildman–Crippen MR) is 119 cm³/mol. The summed E-state index contributed by atoms with van der Waals surface area (Å²) < 4.78 is 55.8. The van der Waals surface area contributed by atoms with Gasteiger partial charge in [0.1, 0.15) is 11.6 Å². The average molecular weight is 494 g/mol. The Hall–Kier alpha value is -2.83. The molecule has 33 heavy (non-hydrogen) atoms. The quantitative estimate of drug-likeness (QED) is 0.490. The number of sulfonamides is 1. The van der Waals surface area contributed by atoms with Crippen molar-refractivity contribution in [3.05, 3.63) is 60.2 Å². The van der Waals surface area contributed by atoms with Crippen LogP contribution in [-0.4, -0.2) is 70.2 Å². The summed E-state index contributed by atoms with van der Waals surface area (Å²) in [5.41, 5.74) is 0.321. The van der Waals surface area contributed by atoms with E-state index in [1.807, 2.05) is 0 Å². The van der Waals surface area contributed by atoms with Crippen LogP contribution in [-0.2, 0) is 21.9 Å². The second-order valence-electron chi connectivity index (χ2n) is 7.38. The number of carbonyl (C=O) groups is 1. The molecule has 0 bridgehead atoms. The first-order valence-electron chi connectivity index (χ1n) is 10.1. The third-order valence-electron chi connectivity index (χ3n) is 5.30. The Morgan fingerprint density at radius 3 is 2.45 bits per heavy atom. The molecule has 1 aliphatic heterocycles. The maximum Gasteiger partial charge on any atom is 0.243 e. The van der Waals surface area contributed by atoms with Crippen LogP contribution in [0.3, 0.4) is 0 Å². The van der Waals surface area contributed by atoms with E-state index in [0.717, 1.165) is 6.07 Å². The van der Waals surface area contributed by atoms with Gasteiger partial charge in [-0.2, -0.15) is 4.31 Å². The summed E-state index contributed by atoms with van der Waals surface area (Å²) in [6.07, 6.45) is 0. The molecule has 1 amide bonds. The van der Waals surface area contributed by atoms with Gasteiger partial charge in [0.25, 0.3) is 0 Å². The zero-order valence-electron chi connectivity index (χ0n) is 17.7. The average Bonchev–Trinajstić information content (AvgIpc) is 3.18. The fourth-order valence-electron chi connectivity index (χ4n) is 3.49. The maximum atomic E-state index is 14.1. The Morgan fingerprint density at radius 1 is 1.03 bits per heavy atom. The number of nitrogens with zero attached hydrogens (tertiary/aromatic N) is 5. The predicted octanol–water partition coefficient (Wildman–Crippen LogP) is 2.39. The van der Waals surface area contributed by atoms with E-state index >= 15 is 0 Å². The van der Waals surface area contributed by atoms with E-state index in [0.29, 0.717) is 16.5 Å². The minimum absolute atomic E-state index is 0.0832. The highest BCUT2D eigenvalue weighted by atomic mass is 32.2. The highest BCUT2D eigenvalue weighted by Crippen LogP contribution is 2.25. The van der Waals surface area contributed by atoms with E-state index in [9.17, 15) is 22.0 Å². The van der Waals surface area contributed by atoms with E-state index in [4.69, 9.17) is 0 Å². The Morgan fingerprint density at radius 2 is 1.76 bits per heavy atom. The number of piperazine rings is 1. The first-order chi connectivity index (χ1) is 15.8. The molecule has 1 saturated heterocycles. The van der Waals surface area contributed by atoms with Gasteiger partial charge in [0.15, 0.2) is 11.0 Å². The van der Waals surface area contributed by atoms with Crippen LogP contribution in [0, 0.1) is 11.6 Å². The molecule has 1 aliphatic rings. The van der Waals surface area contributed by atoms with Gasteiger partial charge in [-0.15, -0.1) is 10.2 Å². The van der Waals surface area contributed by atoms with E-state index < -0.39 is 21.7 Å². The molecule has 0 spiro atoms. The number of carbonyl (C=O) groups excluding carboxylic acids is 1. The molecule has 3 aromatic rings. The van der Waals surface area contributed by atoms with Gasteiger partial charge in [-0.05, 0) is 30.3 Å². The Bertz CT molecular complexity index is 1270. The molecule has 0 atom stereocenters. The molecule has 4 rings (SSSR count). The van der Waals surface area contributed by atoms with E-state index in [-0.39, 0.29) is 42.7 Å². The highest BCUT2D eigenvalue weighted by Gasteiger charge is 2.30. The molecule has 174 valence electrons. The van der Waals surface area contributed by atoms with Crippen LogP contribution in [0.5, 0.6) is 0 Å². The van der Waals surface area contributed by atoms with Crippen LogP contribution >= 0.6 is 11.8 Å². The van der Waals surface area contributed by atoms with E-state index in [1.54, 1.807) is 34.7 Å². The summed E-state index contributed by atoms with van der Waals surface area (Å²) in [5, 5.41) is 8.56. The van der Waals surface area contributed by atoms with Crippen molar-refractivity contribution >= 4 is 27.7 Å². The summed E-state index contributed by atoms with van der Waals surface area (Å²) in [6.45, 7) is 0.702. The molecule has 1 aromatic heterocycles. The zero-order chi connectivity index (χ0) is 23.6. The number of halogens is 2. The first kappa shape index (κ1) is 23.3. The van der Waals surface area contributed by atoms with Crippen LogP contribution < -0.4 is 0 Å². The van der Waals surface area contributed by atoms with Crippen LogP contribution in [0.25, 0.3) is 11.4 Å². The SMILES string of the molecule is Cn1c(SCC(=O)N2CCN(S(=O)(=O)c3cccc(F)c3)CC2)nnc1-c1ccccc1F. The third kappa shape index (κ3) is 4.92. The zero-order valence-corrected chi connectivity index (χ0v) is 19.3. The number of amides is 1. The number of hydrogen-bond donors (Lipinski definition) is 0. The largest absolute Gasteiger partial charge is 0.339 e. The molecule has 0 unspecified atom stereocenters. The molecule has 12 heteroatoms. The van der Waals surface area contributed by atoms with Crippen molar-refractivity contribution < 1.29 is 22.0 Å². The summed E-state index contributed by atoms with van der Waals surface area (Å²) in [4.78, 5) is 14.1. The monoisotopic (exact) mass is 493 g/mol. The van der Waals surface area contributed by atoms with Crippen molar-refractivity contribution in [1.82, 2.24) is 24.0 Å². The Balaban J connectivity index is 1.34. The van der Waals surface area contributed by atoms with Crippen molar-refractivity contribution in [3.8, 4) is 11.4 Å². The second-order valence-corrected chi connectivity index (χ2v) is 10.3. The lowest BCUT2D eigenvalue weighted by Gasteiger charge is -2.34. The summed E-state index contributed by atoms with van der Waals surface area (Å²) in [7, 11) is -2.12. The van der Waals surface area contributed by atoms with Gasteiger partial charge in [-0.3, -0.25) is 4.79 Å². The van der Waals surface area contributed by atoms with Crippen molar-refractivity contribution in [3.63, 3.8) is 0 Å². The number of thioether (sulfide) groups is 1. The van der Waals surface area contributed by atoms with Gasteiger partial charge < -0.3 is 9.47 Å². The Labute approximate surface area is 194 Å². The standard InChI is InChI=1S/C21H21F2N5O3S2/c1-26-20(17-7-2-3-8-18(17)23)24-25-21(26)32-14-19(29)27-9-11-28(12-10-27)33(30,31)16-6-4-5-15(22)13-16/h2-8,13H,9-12,14H2,1H3. The molecule has 1 fully saturated rings. The Kier molecular flexibility index (Phi) is 6.77. The minimum atomic E-state index is -3.82. The van der Waals surface area contributed by atoms with E-state index in [2.05, 4.69) is 10.2 Å². The maximum absolute atomic E-state index is 14.1. The molecule has 2 aromatic carbocycles. The first-order valence-corrected chi connectivity index (χ1v) is 12.5. The van der Waals surface area contributed by atoms with Gasteiger partial charge in [0.05, 0.1) is 16.2 Å². The van der Waals surface area contributed by atoms with Crippen LogP contribution in [0.2, 0.25) is 0 Å². The fraction of sp³-hybridized carbons (Fsp3) is 0.286. The molecular weight excluding hydrogens is 472 g/mol. The van der Waals surface area contributed by atoms with Gasteiger partial charge >= 0.3 is 0 Å². The topological polar surface area (TPSA) is 88.4 Å². The molecule has 0 aliphatic carbocycles. The number of rotatable bonds is 6. The van der Waals surface area contributed by atoms with Crippen LogP contribution in [0.1, 0.15) is 0 Å². The molecule has 0 saturated carbocycles. The van der Waals surface area contributed by atoms with Crippen molar-refractivity contribution in [2.24, 2.45) is 7.05 Å². The van der Waals surface area contributed by atoms with Crippen molar-refractivity contribution in [2.45, 2.75) is 10.1 Å². The lowest BCUT2D eigenvalue weighted by molar-refractivity contribution is -0.129. The third-order valence-corrected chi connectivity index (χ3v) is 8.20. The van der Waals surface area contributed by atoms with Gasteiger partial charge in [-0.25, -0.2) is 17.2 Å². The fourth-order valence-corrected chi connectivity index (χ4v) is 5.76. The second kappa shape index (κ2) is 9.57. The smallest absolute Gasteiger partial charge is 0.243 e. The van der Waals surface area contributed by atoms with Gasteiger partial charge in [-0.1, -0.05) is 30.0 Å². The number of aromatic nitrogens is 3. The summed E-state index contributed by atoms with van der Waals surface area (Å²) in [6, 6.07) is 11.1. The molecular formula is C21H21F2N5O3S2. The molecule has 0 radical (unpaired) electrons. The molecule has 8 nitrogen and oxygen atoms in total. The minimum Gasteiger partial charge on any atom is -0.339 e. The molecule has 2 heterocycles. The number of hydrogen-bond acceptors (Lipinski definition) is 6. The van der Waals surface area contributed by atoms with Crippen LogP contribution in [0.15, 0.2) is 58.6 Å². The normalized spacial score (nSPS) is 15.1. The summed E-state index contributed by atoms with van der Waals surface area (Å²) >= 11 is 1.18. The van der Waals surface area contributed by atoms with E-state index in [1.165, 1.54) is 40.3 Å². The molecule has 0 N–H and O–H groups in total. The lowest BCUT2D eigenvalue weighted by atomic mass is 10.2. The van der Waals surface area contributed by atoms with Crippen molar-refractivity contribution in [1.29, 1.82) is 0 Å². The summed E-state index contributed by atoms with van der Waals surface area (Å²) in [5.74, 6) is -0.757. The van der Waals surface area contributed by atoms with Crippen molar-refractivity contribution in [2.75, 3.05) is 31.9 Å². The van der Waals surface area contributed by atoms with Crippen LogP contribution in [0.4, 0.5) is 8.78 Å².